The van der Waals surface area contributed by atoms with Gasteiger partial charge in [-0.1, -0.05) is 6.07 Å². The van der Waals surface area contributed by atoms with Crippen LogP contribution in [0.25, 0.3) is 0 Å². The van der Waals surface area contributed by atoms with Crippen LogP contribution in [-0.2, 0) is 4.74 Å². The van der Waals surface area contributed by atoms with Crippen molar-refractivity contribution in [3.8, 4) is 11.5 Å². The second-order valence-corrected chi connectivity index (χ2v) is 4.16. The Bertz CT molecular complexity index is 530. The lowest BCUT2D eigenvalue weighted by Crippen LogP contribution is -2.40. The number of phenols is 2. The fraction of sp³-hybridized carbons (Fsp3) is 0.333. The Labute approximate surface area is 110 Å². The molecule has 19 heavy (non-hydrogen) atoms. The Morgan fingerprint density at radius 3 is 2.84 bits per heavy atom. The van der Waals surface area contributed by atoms with Crippen molar-refractivity contribution in [1.29, 1.82) is 0 Å². The largest absolute Gasteiger partial charge is 0.504 e. The van der Waals surface area contributed by atoms with Gasteiger partial charge in [0, 0.05) is 7.05 Å². The van der Waals surface area contributed by atoms with Crippen molar-refractivity contribution in [2.75, 3.05) is 20.7 Å². The minimum absolute atomic E-state index is 0.112. The molecule has 1 atom stereocenters. The SMILES string of the molecule is COC(=O)NC1=NCC(c2ccc(O)c(O)c2)N1C. The lowest BCUT2D eigenvalue weighted by molar-refractivity contribution is 0.175. The Balaban J connectivity index is 2.12. The number of benzene rings is 1. The average Bonchev–Trinajstić information content (AvgIpc) is 2.74. The molecule has 0 fully saturated rings. The summed E-state index contributed by atoms with van der Waals surface area (Å²) in [5.41, 5.74) is 0.795. The number of amides is 1. The molecule has 0 aromatic heterocycles. The summed E-state index contributed by atoms with van der Waals surface area (Å²) in [7, 11) is 3.05. The third-order valence-electron chi connectivity index (χ3n) is 3.00. The zero-order valence-electron chi connectivity index (χ0n) is 10.6. The van der Waals surface area contributed by atoms with E-state index in [9.17, 15) is 15.0 Å². The standard InChI is InChI=1S/C12H15N3O4/c1-15-8(6-13-11(15)14-12(18)19-2)7-3-4-9(16)10(17)5-7/h3-5,8,16-17H,6H2,1-2H3,(H,13,14,18). The van der Waals surface area contributed by atoms with Crippen LogP contribution in [0.15, 0.2) is 23.2 Å². The molecule has 1 aromatic rings. The van der Waals surface area contributed by atoms with Gasteiger partial charge in [-0.2, -0.15) is 0 Å². The molecule has 2 rings (SSSR count). The van der Waals surface area contributed by atoms with E-state index in [0.29, 0.717) is 12.5 Å². The highest BCUT2D eigenvalue weighted by Gasteiger charge is 2.27. The van der Waals surface area contributed by atoms with Gasteiger partial charge < -0.3 is 19.8 Å². The molecule has 3 N–H and O–H groups in total. The average molecular weight is 265 g/mol. The molecule has 1 aliphatic rings. The van der Waals surface area contributed by atoms with E-state index in [-0.39, 0.29) is 17.5 Å². The maximum Gasteiger partial charge on any atom is 0.413 e. The predicted molar refractivity (Wildman–Crippen MR) is 68.1 cm³/mol. The molecule has 0 radical (unpaired) electrons. The number of likely N-dealkylation sites (N-methyl/N-ethyl adjacent to an activating group) is 1. The van der Waals surface area contributed by atoms with Crippen LogP contribution in [0.2, 0.25) is 0 Å². The number of carbonyl (C=O) groups excluding carboxylic acids is 1. The van der Waals surface area contributed by atoms with E-state index >= 15 is 0 Å². The van der Waals surface area contributed by atoms with Crippen LogP contribution >= 0.6 is 0 Å². The number of nitrogens with one attached hydrogen (secondary N) is 1. The number of ether oxygens (including phenoxy) is 1. The monoisotopic (exact) mass is 265 g/mol. The number of guanidine groups is 1. The number of methoxy groups -OCH3 is 1. The number of phenolic OH excluding ortho intramolecular Hbond substituents is 2. The normalized spacial score (nSPS) is 18.1. The zero-order valence-corrected chi connectivity index (χ0v) is 10.6. The van der Waals surface area contributed by atoms with Crippen LogP contribution in [0.5, 0.6) is 11.5 Å². The van der Waals surface area contributed by atoms with Crippen LogP contribution in [-0.4, -0.2) is 47.9 Å². The molecule has 0 saturated heterocycles. The second-order valence-electron chi connectivity index (χ2n) is 4.16. The first kappa shape index (κ1) is 13.0. The molecule has 1 unspecified atom stereocenters. The Morgan fingerprint density at radius 2 is 2.21 bits per heavy atom. The third kappa shape index (κ3) is 2.54. The van der Waals surface area contributed by atoms with Gasteiger partial charge in [-0.3, -0.25) is 10.3 Å². The Kier molecular flexibility index (Phi) is 3.46. The van der Waals surface area contributed by atoms with E-state index in [0.717, 1.165) is 5.56 Å². The molecule has 7 heteroatoms. The predicted octanol–water partition coefficient (Wildman–Crippen LogP) is 0.796. The number of carbonyl (C=O) groups is 1. The van der Waals surface area contributed by atoms with E-state index in [1.807, 2.05) is 0 Å². The number of alkyl carbamates (subject to hydrolysis) is 1. The van der Waals surface area contributed by atoms with Crippen molar-refractivity contribution < 1.29 is 19.7 Å². The number of aromatic hydroxyl groups is 2. The van der Waals surface area contributed by atoms with Crippen molar-refractivity contribution in [3.63, 3.8) is 0 Å². The fourth-order valence-electron chi connectivity index (χ4n) is 1.90. The van der Waals surface area contributed by atoms with Crippen molar-refractivity contribution in [1.82, 2.24) is 10.2 Å². The number of hydrogen-bond acceptors (Lipinski definition) is 6. The van der Waals surface area contributed by atoms with Gasteiger partial charge in [-0.05, 0) is 17.7 Å². The topological polar surface area (TPSA) is 94.4 Å². The van der Waals surface area contributed by atoms with Crippen LogP contribution in [0.3, 0.4) is 0 Å². The molecule has 1 heterocycles. The van der Waals surface area contributed by atoms with Crippen molar-refractivity contribution >= 4 is 12.1 Å². The Hall–Kier alpha value is -2.44. The van der Waals surface area contributed by atoms with E-state index in [1.165, 1.54) is 19.2 Å². The van der Waals surface area contributed by atoms with Crippen LogP contribution in [0.4, 0.5) is 4.79 Å². The van der Waals surface area contributed by atoms with Crippen LogP contribution in [0, 0.1) is 0 Å². The van der Waals surface area contributed by atoms with Gasteiger partial charge in [0.25, 0.3) is 0 Å². The highest BCUT2D eigenvalue weighted by atomic mass is 16.5. The summed E-state index contributed by atoms with van der Waals surface area (Å²) in [6, 6.07) is 4.49. The van der Waals surface area contributed by atoms with E-state index in [2.05, 4.69) is 15.0 Å². The molecule has 1 aliphatic heterocycles. The van der Waals surface area contributed by atoms with Gasteiger partial charge in [0.2, 0.25) is 5.96 Å². The number of hydrogen-bond donors (Lipinski definition) is 3. The van der Waals surface area contributed by atoms with Crippen molar-refractivity contribution in [2.45, 2.75) is 6.04 Å². The molecule has 1 amide bonds. The summed E-state index contributed by atoms with van der Waals surface area (Å²) in [6.07, 6.45) is -0.584. The fourth-order valence-corrected chi connectivity index (χ4v) is 1.90. The summed E-state index contributed by atoms with van der Waals surface area (Å²) in [5.74, 6) is 0.0583. The number of nitrogens with zero attached hydrogens (tertiary/aromatic N) is 2. The minimum atomic E-state index is -0.584. The van der Waals surface area contributed by atoms with Crippen LogP contribution < -0.4 is 5.32 Å². The third-order valence-corrected chi connectivity index (χ3v) is 3.00. The first-order chi connectivity index (χ1) is 9.02. The van der Waals surface area contributed by atoms with Gasteiger partial charge in [-0.15, -0.1) is 0 Å². The van der Waals surface area contributed by atoms with E-state index in [1.54, 1.807) is 18.0 Å². The maximum atomic E-state index is 11.1. The van der Waals surface area contributed by atoms with E-state index < -0.39 is 6.09 Å². The summed E-state index contributed by atoms with van der Waals surface area (Å²) in [6.45, 7) is 0.444. The highest BCUT2D eigenvalue weighted by Crippen LogP contribution is 2.31. The molecule has 0 spiro atoms. The molecular weight excluding hydrogens is 250 g/mol. The minimum Gasteiger partial charge on any atom is -0.504 e. The first-order valence-electron chi connectivity index (χ1n) is 5.67. The Morgan fingerprint density at radius 1 is 1.47 bits per heavy atom. The van der Waals surface area contributed by atoms with E-state index in [4.69, 9.17) is 0 Å². The quantitative estimate of drug-likeness (QED) is 0.653. The molecule has 7 nitrogen and oxygen atoms in total. The van der Waals surface area contributed by atoms with Crippen molar-refractivity contribution in [3.05, 3.63) is 23.8 Å². The van der Waals surface area contributed by atoms with Gasteiger partial charge in [0.1, 0.15) is 0 Å². The summed E-state index contributed by atoms with van der Waals surface area (Å²) < 4.78 is 4.51. The lowest BCUT2D eigenvalue weighted by atomic mass is 10.1. The molecule has 0 saturated carbocycles. The zero-order chi connectivity index (χ0) is 14.0. The smallest absolute Gasteiger partial charge is 0.413 e. The summed E-state index contributed by atoms with van der Waals surface area (Å²) in [4.78, 5) is 17.1. The molecular formula is C12H15N3O4. The molecule has 102 valence electrons. The van der Waals surface area contributed by atoms with Gasteiger partial charge >= 0.3 is 6.09 Å². The van der Waals surface area contributed by atoms with Gasteiger partial charge in [-0.25, -0.2) is 4.79 Å². The summed E-state index contributed by atoms with van der Waals surface area (Å²) >= 11 is 0. The molecule has 0 aliphatic carbocycles. The second kappa shape index (κ2) is 5.05. The molecule has 0 bridgehead atoms. The number of aliphatic imine (C=N–C) groups is 1. The maximum absolute atomic E-state index is 11.1. The molecule has 1 aromatic carbocycles. The first-order valence-corrected chi connectivity index (χ1v) is 5.67. The summed E-state index contributed by atoms with van der Waals surface area (Å²) in [5, 5.41) is 21.3. The van der Waals surface area contributed by atoms with Gasteiger partial charge in [0.05, 0.1) is 19.7 Å². The van der Waals surface area contributed by atoms with Crippen molar-refractivity contribution in [2.24, 2.45) is 4.99 Å². The number of rotatable bonds is 1. The highest BCUT2D eigenvalue weighted by molar-refractivity contribution is 5.94. The lowest BCUT2D eigenvalue weighted by Gasteiger charge is -2.23. The van der Waals surface area contributed by atoms with Crippen LogP contribution in [0.1, 0.15) is 11.6 Å². The van der Waals surface area contributed by atoms with Gasteiger partial charge in [0.15, 0.2) is 11.5 Å².